The highest BCUT2D eigenvalue weighted by atomic mass is 35.5. The van der Waals surface area contributed by atoms with Crippen LogP contribution in [0.25, 0.3) is 0 Å². The Morgan fingerprint density at radius 1 is 1.30 bits per heavy atom. The predicted octanol–water partition coefficient (Wildman–Crippen LogP) is 5.91. The van der Waals surface area contributed by atoms with E-state index in [0.717, 1.165) is 16.6 Å². The molecule has 2 rings (SSSR count). The number of nitrogens with one attached hydrogen (secondary N) is 1. The molecule has 0 spiro atoms. The van der Waals surface area contributed by atoms with Gasteiger partial charge in [-0.05, 0) is 48.0 Å². The van der Waals surface area contributed by atoms with Crippen LogP contribution in [0.2, 0.25) is 4.34 Å². The molecule has 1 aromatic heterocycles. The van der Waals surface area contributed by atoms with Crippen LogP contribution < -0.4 is 5.32 Å². The maximum atomic E-state index is 6.00. The summed E-state index contributed by atoms with van der Waals surface area (Å²) in [5.74, 6) is 0.525. The molecule has 0 saturated carbocycles. The standard InChI is InChI=1S/C18H21ClN2S2/c1-4-11-21(12-16-9-10-17(19)23-16)18(22)20-15-7-5-14(6-8-15)13(2)3/h4-10,13H,1,11-12H2,2-3H3,(H,20,22). The van der Waals surface area contributed by atoms with Crippen molar-refractivity contribution in [1.82, 2.24) is 4.90 Å². The van der Waals surface area contributed by atoms with Gasteiger partial charge in [0.2, 0.25) is 0 Å². The van der Waals surface area contributed by atoms with Gasteiger partial charge in [-0.3, -0.25) is 0 Å². The van der Waals surface area contributed by atoms with Gasteiger partial charge >= 0.3 is 0 Å². The molecule has 0 amide bonds. The van der Waals surface area contributed by atoms with Crippen molar-refractivity contribution in [1.29, 1.82) is 0 Å². The summed E-state index contributed by atoms with van der Waals surface area (Å²) < 4.78 is 0.793. The number of rotatable bonds is 6. The minimum absolute atomic E-state index is 0.525. The molecule has 1 N–H and O–H groups in total. The molecule has 0 bridgehead atoms. The molecular formula is C18H21ClN2S2. The number of nitrogens with zero attached hydrogens (tertiary/aromatic N) is 1. The van der Waals surface area contributed by atoms with Gasteiger partial charge in [-0.1, -0.05) is 43.7 Å². The van der Waals surface area contributed by atoms with Gasteiger partial charge in [0.05, 0.1) is 10.9 Å². The summed E-state index contributed by atoms with van der Waals surface area (Å²) in [6, 6.07) is 12.3. The highest BCUT2D eigenvalue weighted by Gasteiger charge is 2.11. The molecule has 122 valence electrons. The van der Waals surface area contributed by atoms with E-state index in [1.54, 1.807) is 11.3 Å². The van der Waals surface area contributed by atoms with Gasteiger partial charge < -0.3 is 10.2 Å². The fraction of sp³-hybridized carbons (Fsp3) is 0.278. The average Bonchev–Trinajstić information content (AvgIpc) is 2.92. The highest BCUT2D eigenvalue weighted by Crippen LogP contribution is 2.23. The summed E-state index contributed by atoms with van der Waals surface area (Å²) in [4.78, 5) is 3.25. The number of anilines is 1. The zero-order valence-electron chi connectivity index (χ0n) is 13.4. The number of halogens is 1. The van der Waals surface area contributed by atoms with Crippen molar-refractivity contribution in [3.05, 3.63) is 63.8 Å². The lowest BCUT2D eigenvalue weighted by atomic mass is 10.0. The second kappa shape index (κ2) is 8.48. The molecule has 0 aliphatic carbocycles. The lowest BCUT2D eigenvalue weighted by molar-refractivity contribution is 0.468. The molecule has 2 nitrogen and oxygen atoms in total. The first kappa shape index (κ1) is 18.0. The maximum Gasteiger partial charge on any atom is 0.174 e. The van der Waals surface area contributed by atoms with Gasteiger partial charge in [0, 0.05) is 17.1 Å². The lowest BCUT2D eigenvalue weighted by Crippen LogP contribution is -2.34. The molecule has 0 radical (unpaired) electrons. The SMILES string of the molecule is C=CCN(Cc1ccc(Cl)s1)C(=S)Nc1ccc(C(C)C)cc1. The molecule has 2 aromatic rings. The topological polar surface area (TPSA) is 15.3 Å². The van der Waals surface area contributed by atoms with Crippen molar-refractivity contribution in [3.63, 3.8) is 0 Å². The first-order valence-electron chi connectivity index (χ1n) is 7.50. The van der Waals surface area contributed by atoms with Gasteiger partial charge in [0.25, 0.3) is 0 Å². The number of thiocarbonyl (C=S) groups is 1. The van der Waals surface area contributed by atoms with Gasteiger partial charge in [-0.2, -0.15) is 0 Å². The first-order valence-corrected chi connectivity index (χ1v) is 9.11. The van der Waals surface area contributed by atoms with Crippen LogP contribution in [0.1, 0.15) is 30.2 Å². The molecule has 0 fully saturated rings. The predicted molar refractivity (Wildman–Crippen MR) is 107 cm³/mol. The zero-order valence-corrected chi connectivity index (χ0v) is 15.8. The Labute approximate surface area is 152 Å². The third-order valence-electron chi connectivity index (χ3n) is 3.44. The second-order valence-electron chi connectivity index (χ2n) is 5.58. The molecule has 1 aromatic carbocycles. The maximum absolute atomic E-state index is 6.00. The van der Waals surface area contributed by atoms with Gasteiger partial charge in [0.1, 0.15) is 0 Å². The smallest absolute Gasteiger partial charge is 0.174 e. The third kappa shape index (κ3) is 5.34. The summed E-state index contributed by atoms with van der Waals surface area (Å²) in [5, 5.41) is 3.99. The van der Waals surface area contributed by atoms with E-state index >= 15 is 0 Å². The second-order valence-corrected chi connectivity index (χ2v) is 7.77. The molecule has 5 heteroatoms. The van der Waals surface area contributed by atoms with Crippen molar-refractivity contribution < 1.29 is 0 Å². The zero-order chi connectivity index (χ0) is 16.8. The third-order valence-corrected chi connectivity index (χ3v) is 5.02. The Morgan fingerprint density at radius 3 is 2.52 bits per heavy atom. The van der Waals surface area contributed by atoms with E-state index in [2.05, 4.69) is 54.9 Å². The van der Waals surface area contributed by atoms with Gasteiger partial charge in [-0.25, -0.2) is 0 Å². The highest BCUT2D eigenvalue weighted by molar-refractivity contribution is 7.80. The van der Waals surface area contributed by atoms with Crippen molar-refractivity contribution in [3.8, 4) is 0 Å². The van der Waals surface area contributed by atoms with Gasteiger partial charge in [-0.15, -0.1) is 17.9 Å². The normalized spacial score (nSPS) is 10.6. The molecule has 0 unspecified atom stereocenters. The average molecular weight is 365 g/mol. The molecule has 0 saturated heterocycles. The van der Waals surface area contributed by atoms with Gasteiger partial charge in [0.15, 0.2) is 5.11 Å². The summed E-state index contributed by atoms with van der Waals surface area (Å²) >= 11 is 13.1. The van der Waals surface area contributed by atoms with Crippen molar-refractivity contribution >= 4 is 46.0 Å². The van der Waals surface area contributed by atoms with E-state index in [0.29, 0.717) is 17.6 Å². The number of hydrogen-bond donors (Lipinski definition) is 1. The van der Waals surface area contributed by atoms with E-state index in [1.807, 2.05) is 18.2 Å². The fourth-order valence-electron chi connectivity index (χ4n) is 2.15. The lowest BCUT2D eigenvalue weighted by Gasteiger charge is -2.24. The van der Waals surface area contributed by atoms with Crippen molar-refractivity contribution in [2.45, 2.75) is 26.3 Å². The summed E-state index contributed by atoms with van der Waals surface area (Å²) in [7, 11) is 0. The molecule has 0 aliphatic rings. The minimum Gasteiger partial charge on any atom is -0.340 e. The number of benzene rings is 1. The Kier molecular flexibility index (Phi) is 6.63. The van der Waals surface area contributed by atoms with Crippen LogP contribution in [0.15, 0.2) is 49.1 Å². The molecular weight excluding hydrogens is 344 g/mol. The molecule has 0 aliphatic heterocycles. The Balaban J connectivity index is 2.03. The van der Waals surface area contributed by atoms with Crippen LogP contribution >= 0.6 is 35.2 Å². The van der Waals surface area contributed by atoms with E-state index in [4.69, 9.17) is 23.8 Å². The number of thiophene rings is 1. The summed E-state index contributed by atoms with van der Waals surface area (Å²) in [6.07, 6.45) is 1.85. The molecule has 0 atom stereocenters. The summed E-state index contributed by atoms with van der Waals surface area (Å²) in [6.45, 7) is 9.59. The monoisotopic (exact) mass is 364 g/mol. The number of hydrogen-bond acceptors (Lipinski definition) is 2. The van der Waals surface area contributed by atoms with E-state index in [9.17, 15) is 0 Å². The van der Waals surface area contributed by atoms with Crippen molar-refractivity contribution in [2.75, 3.05) is 11.9 Å². The Bertz CT molecular complexity index is 662. The van der Waals surface area contributed by atoms with E-state index in [-0.39, 0.29) is 0 Å². The van der Waals surface area contributed by atoms with Crippen LogP contribution in [-0.4, -0.2) is 16.6 Å². The van der Waals surface area contributed by atoms with Crippen LogP contribution in [0.5, 0.6) is 0 Å². The minimum atomic E-state index is 0.525. The van der Waals surface area contributed by atoms with Crippen LogP contribution in [0, 0.1) is 0 Å². The fourth-order valence-corrected chi connectivity index (χ4v) is 3.51. The van der Waals surface area contributed by atoms with Crippen LogP contribution in [-0.2, 0) is 6.54 Å². The van der Waals surface area contributed by atoms with Crippen LogP contribution in [0.3, 0.4) is 0 Å². The Morgan fingerprint density at radius 2 is 2.00 bits per heavy atom. The molecule has 1 heterocycles. The van der Waals surface area contributed by atoms with Crippen molar-refractivity contribution in [2.24, 2.45) is 0 Å². The quantitative estimate of drug-likeness (QED) is 0.506. The first-order chi connectivity index (χ1) is 11.0. The molecule has 23 heavy (non-hydrogen) atoms. The van der Waals surface area contributed by atoms with Crippen LogP contribution in [0.4, 0.5) is 5.69 Å². The van der Waals surface area contributed by atoms with E-state index < -0.39 is 0 Å². The largest absolute Gasteiger partial charge is 0.340 e. The Hall–Kier alpha value is -1.36. The van der Waals surface area contributed by atoms with E-state index in [1.165, 1.54) is 10.4 Å². The summed E-state index contributed by atoms with van der Waals surface area (Å²) in [5.41, 5.74) is 2.32.